The summed E-state index contributed by atoms with van der Waals surface area (Å²) < 4.78 is 2.36. The van der Waals surface area contributed by atoms with Crippen LogP contribution in [0.2, 0.25) is 0 Å². The average molecular weight is 307 g/mol. The number of nitrogens with two attached hydrogens (primary N) is 1. The summed E-state index contributed by atoms with van der Waals surface area (Å²) in [5.41, 5.74) is 12.1. The van der Waals surface area contributed by atoms with Crippen LogP contribution in [0.1, 0.15) is 28.9 Å². The first-order valence-corrected chi connectivity index (χ1v) is 8.39. The van der Waals surface area contributed by atoms with Crippen LogP contribution in [-0.2, 0) is 19.4 Å². The molecule has 3 nitrogen and oxygen atoms in total. The molecule has 2 N–H and O–H groups in total. The normalized spacial score (nSPS) is 11.3. The van der Waals surface area contributed by atoms with Gasteiger partial charge in [-0.1, -0.05) is 30.3 Å². The summed E-state index contributed by atoms with van der Waals surface area (Å²) in [6.45, 7) is 5.97. The SMILES string of the molecule is Cc1cc2nc(CCc3ccccc3)n(CCCN)c2cc1C. The highest BCUT2D eigenvalue weighted by Crippen LogP contribution is 2.22. The first kappa shape index (κ1) is 15.8. The number of hydrogen-bond acceptors (Lipinski definition) is 2. The van der Waals surface area contributed by atoms with E-state index in [4.69, 9.17) is 10.7 Å². The number of aromatic nitrogens is 2. The third kappa shape index (κ3) is 3.45. The van der Waals surface area contributed by atoms with E-state index in [-0.39, 0.29) is 0 Å². The Labute approximate surface area is 138 Å². The maximum atomic E-state index is 5.72. The fourth-order valence-corrected chi connectivity index (χ4v) is 3.02. The molecule has 0 atom stereocenters. The van der Waals surface area contributed by atoms with Crippen molar-refractivity contribution in [3.05, 3.63) is 65.0 Å². The zero-order chi connectivity index (χ0) is 16.2. The monoisotopic (exact) mass is 307 g/mol. The predicted octanol–water partition coefficient (Wildman–Crippen LogP) is 3.79. The van der Waals surface area contributed by atoms with Crippen molar-refractivity contribution in [2.24, 2.45) is 5.73 Å². The van der Waals surface area contributed by atoms with E-state index in [1.54, 1.807) is 0 Å². The van der Waals surface area contributed by atoms with Gasteiger partial charge in [-0.25, -0.2) is 4.98 Å². The van der Waals surface area contributed by atoms with Gasteiger partial charge in [0.15, 0.2) is 0 Å². The molecule has 23 heavy (non-hydrogen) atoms. The van der Waals surface area contributed by atoms with Crippen LogP contribution in [0.15, 0.2) is 42.5 Å². The summed E-state index contributed by atoms with van der Waals surface area (Å²) in [6, 6.07) is 15.1. The van der Waals surface area contributed by atoms with Gasteiger partial charge in [-0.2, -0.15) is 0 Å². The van der Waals surface area contributed by atoms with Crippen molar-refractivity contribution in [1.29, 1.82) is 0 Å². The van der Waals surface area contributed by atoms with Crippen molar-refractivity contribution in [2.45, 2.75) is 39.7 Å². The summed E-state index contributed by atoms with van der Waals surface area (Å²) in [6.07, 6.45) is 2.96. The molecule has 0 bridgehead atoms. The summed E-state index contributed by atoms with van der Waals surface area (Å²) in [5.74, 6) is 1.17. The topological polar surface area (TPSA) is 43.8 Å². The van der Waals surface area contributed by atoms with Crippen molar-refractivity contribution >= 4 is 11.0 Å². The van der Waals surface area contributed by atoms with Crippen LogP contribution in [0.3, 0.4) is 0 Å². The Hall–Kier alpha value is -2.13. The molecule has 0 radical (unpaired) electrons. The fraction of sp³-hybridized carbons (Fsp3) is 0.350. The van der Waals surface area contributed by atoms with Gasteiger partial charge in [-0.3, -0.25) is 0 Å². The number of hydrogen-bond donors (Lipinski definition) is 1. The van der Waals surface area contributed by atoms with Crippen LogP contribution in [-0.4, -0.2) is 16.1 Å². The Morgan fingerprint density at radius 2 is 1.74 bits per heavy atom. The Balaban J connectivity index is 1.94. The number of nitrogens with zero attached hydrogens (tertiary/aromatic N) is 2. The molecule has 1 heterocycles. The second-order valence-corrected chi connectivity index (χ2v) is 6.23. The summed E-state index contributed by atoms with van der Waals surface area (Å²) in [7, 11) is 0. The molecule has 0 saturated carbocycles. The Kier molecular flexibility index (Phi) is 4.77. The van der Waals surface area contributed by atoms with Gasteiger partial charge >= 0.3 is 0 Å². The maximum absolute atomic E-state index is 5.72. The van der Waals surface area contributed by atoms with Crippen LogP contribution < -0.4 is 5.73 Å². The first-order valence-electron chi connectivity index (χ1n) is 8.39. The molecular weight excluding hydrogens is 282 g/mol. The Morgan fingerprint density at radius 1 is 1.00 bits per heavy atom. The van der Waals surface area contributed by atoms with E-state index in [1.807, 2.05) is 0 Å². The zero-order valence-corrected chi connectivity index (χ0v) is 14.0. The summed E-state index contributed by atoms with van der Waals surface area (Å²) >= 11 is 0. The van der Waals surface area contributed by atoms with Gasteiger partial charge in [0.1, 0.15) is 5.82 Å². The lowest BCUT2D eigenvalue weighted by Gasteiger charge is -2.09. The van der Waals surface area contributed by atoms with Crippen LogP contribution in [0.5, 0.6) is 0 Å². The highest BCUT2D eigenvalue weighted by atomic mass is 15.1. The highest BCUT2D eigenvalue weighted by molar-refractivity contribution is 5.78. The van der Waals surface area contributed by atoms with Crippen molar-refractivity contribution in [3.8, 4) is 0 Å². The van der Waals surface area contributed by atoms with Crippen LogP contribution in [0, 0.1) is 13.8 Å². The third-order valence-electron chi connectivity index (χ3n) is 4.51. The number of fused-ring (bicyclic) bond motifs is 1. The van der Waals surface area contributed by atoms with Crippen molar-refractivity contribution < 1.29 is 0 Å². The lowest BCUT2D eigenvalue weighted by molar-refractivity contribution is 0.628. The molecule has 0 aliphatic rings. The quantitative estimate of drug-likeness (QED) is 0.753. The minimum absolute atomic E-state index is 0.711. The van der Waals surface area contributed by atoms with E-state index < -0.39 is 0 Å². The summed E-state index contributed by atoms with van der Waals surface area (Å²) in [4.78, 5) is 4.90. The van der Waals surface area contributed by atoms with Crippen LogP contribution in [0.25, 0.3) is 11.0 Å². The molecule has 3 heteroatoms. The van der Waals surface area contributed by atoms with Gasteiger partial charge < -0.3 is 10.3 Å². The molecule has 2 aromatic carbocycles. The van der Waals surface area contributed by atoms with Gasteiger partial charge in [0.25, 0.3) is 0 Å². The lowest BCUT2D eigenvalue weighted by atomic mass is 10.1. The van der Waals surface area contributed by atoms with E-state index in [2.05, 4.69) is 60.9 Å². The Morgan fingerprint density at radius 3 is 2.48 bits per heavy atom. The van der Waals surface area contributed by atoms with Gasteiger partial charge in [0.05, 0.1) is 11.0 Å². The molecule has 120 valence electrons. The maximum Gasteiger partial charge on any atom is 0.110 e. The lowest BCUT2D eigenvalue weighted by Crippen LogP contribution is -2.09. The Bertz CT molecular complexity index is 788. The van der Waals surface area contributed by atoms with Crippen LogP contribution in [0.4, 0.5) is 0 Å². The van der Waals surface area contributed by atoms with E-state index in [9.17, 15) is 0 Å². The average Bonchev–Trinajstić information content (AvgIpc) is 2.89. The zero-order valence-electron chi connectivity index (χ0n) is 14.0. The second-order valence-electron chi connectivity index (χ2n) is 6.23. The third-order valence-corrected chi connectivity index (χ3v) is 4.51. The van der Waals surface area contributed by atoms with E-state index in [0.29, 0.717) is 6.54 Å². The van der Waals surface area contributed by atoms with Crippen LogP contribution >= 0.6 is 0 Å². The number of benzene rings is 2. The molecule has 0 spiro atoms. The molecule has 0 amide bonds. The minimum Gasteiger partial charge on any atom is -0.330 e. The molecule has 3 aromatic rings. The fourth-order valence-electron chi connectivity index (χ4n) is 3.02. The second kappa shape index (κ2) is 6.97. The minimum atomic E-state index is 0.711. The first-order chi connectivity index (χ1) is 11.2. The number of aryl methyl sites for hydroxylation is 5. The molecule has 0 unspecified atom stereocenters. The molecule has 1 aromatic heterocycles. The predicted molar refractivity (Wildman–Crippen MR) is 96.7 cm³/mol. The summed E-state index contributed by atoms with van der Waals surface area (Å²) in [5, 5.41) is 0. The van der Waals surface area contributed by atoms with Gasteiger partial charge in [0, 0.05) is 13.0 Å². The molecule has 0 saturated heterocycles. The van der Waals surface area contributed by atoms with E-state index >= 15 is 0 Å². The van der Waals surface area contributed by atoms with Gasteiger partial charge in [-0.05, 0) is 62.1 Å². The standard InChI is InChI=1S/C20H25N3/c1-15-13-18-19(14-16(15)2)23(12-6-11-21)20(22-18)10-9-17-7-4-3-5-8-17/h3-5,7-8,13-14H,6,9-12,21H2,1-2H3. The molecule has 0 aliphatic heterocycles. The highest BCUT2D eigenvalue weighted by Gasteiger charge is 2.12. The van der Waals surface area contributed by atoms with E-state index in [0.717, 1.165) is 31.3 Å². The molecular formula is C20H25N3. The number of imidazole rings is 1. The van der Waals surface area contributed by atoms with Crippen molar-refractivity contribution in [2.75, 3.05) is 6.54 Å². The van der Waals surface area contributed by atoms with Gasteiger partial charge in [0.2, 0.25) is 0 Å². The van der Waals surface area contributed by atoms with Gasteiger partial charge in [-0.15, -0.1) is 0 Å². The van der Waals surface area contributed by atoms with Crippen molar-refractivity contribution in [1.82, 2.24) is 9.55 Å². The molecule has 0 aliphatic carbocycles. The smallest absolute Gasteiger partial charge is 0.110 e. The largest absolute Gasteiger partial charge is 0.330 e. The number of rotatable bonds is 6. The van der Waals surface area contributed by atoms with Crippen molar-refractivity contribution in [3.63, 3.8) is 0 Å². The van der Waals surface area contributed by atoms with E-state index in [1.165, 1.54) is 28.0 Å². The molecule has 0 fully saturated rings. The molecule has 3 rings (SSSR count).